The predicted octanol–water partition coefficient (Wildman–Crippen LogP) is 2.85. The highest BCUT2D eigenvalue weighted by molar-refractivity contribution is 7.17. The van der Waals surface area contributed by atoms with Gasteiger partial charge in [-0.1, -0.05) is 12.8 Å². The Morgan fingerprint density at radius 1 is 1.12 bits per heavy atom. The fourth-order valence-electron chi connectivity index (χ4n) is 3.76. The number of carboxylic acid groups (broad SMARTS) is 1. The number of fused-ring (bicyclic) bond motifs is 1. The minimum absolute atomic E-state index is 0.299. The summed E-state index contributed by atoms with van der Waals surface area (Å²) in [5.74, 6) is -2.85. The van der Waals surface area contributed by atoms with Crippen molar-refractivity contribution in [2.75, 3.05) is 12.4 Å². The Morgan fingerprint density at radius 3 is 2.50 bits per heavy atom. The molecule has 3 rings (SSSR count). The van der Waals surface area contributed by atoms with Gasteiger partial charge in [0.1, 0.15) is 5.00 Å². The lowest BCUT2D eigenvalue weighted by atomic mass is 9.79. The van der Waals surface area contributed by atoms with Crippen LogP contribution in [0.3, 0.4) is 0 Å². The summed E-state index contributed by atoms with van der Waals surface area (Å²) in [6.07, 6.45) is 5.51. The molecule has 1 heterocycles. The van der Waals surface area contributed by atoms with Crippen LogP contribution in [0.2, 0.25) is 0 Å². The quantitative estimate of drug-likeness (QED) is 0.814. The number of esters is 1. The zero-order chi connectivity index (χ0) is 17.3. The Bertz CT molecular complexity index is 681. The number of ether oxygens (including phenoxy) is 1. The van der Waals surface area contributed by atoms with Crippen molar-refractivity contribution in [2.24, 2.45) is 11.8 Å². The van der Waals surface area contributed by atoms with E-state index in [1.165, 1.54) is 18.4 Å². The maximum atomic E-state index is 12.7. The number of hydrogen-bond donors (Lipinski definition) is 2. The number of anilines is 1. The Balaban J connectivity index is 1.84. The lowest BCUT2D eigenvalue weighted by Crippen LogP contribution is -2.36. The van der Waals surface area contributed by atoms with Crippen molar-refractivity contribution < 1.29 is 24.2 Å². The van der Waals surface area contributed by atoms with Crippen molar-refractivity contribution in [1.82, 2.24) is 0 Å². The lowest BCUT2D eigenvalue weighted by Gasteiger charge is -2.27. The fourth-order valence-corrected chi connectivity index (χ4v) is 5.04. The van der Waals surface area contributed by atoms with Gasteiger partial charge in [-0.15, -0.1) is 11.3 Å². The number of carbonyl (C=O) groups excluding carboxylic acids is 2. The first-order chi connectivity index (χ1) is 11.5. The van der Waals surface area contributed by atoms with Crippen LogP contribution in [0.5, 0.6) is 0 Å². The largest absolute Gasteiger partial charge is 0.481 e. The molecule has 0 bridgehead atoms. The van der Waals surface area contributed by atoms with Crippen molar-refractivity contribution in [3.8, 4) is 0 Å². The fraction of sp³-hybridized carbons (Fsp3) is 0.588. The van der Waals surface area contributed by atoms with Gasteiger partial charge in [-0.05, 0) is 37.7 Å². The highest BCUT2D eigenvalue weighted by atomic mass is 32.1. The first-order valence-corrected chi connectivity index (χ1v) is 9.11. The standard InChI is InChI=1S/C17H21NO5S/c1-23-17(22)13-11-7-4-8-12(11)24-15(13)18-14(19)9-5-2-3-6-10(9)16(20)21/h9-10H,2-8H2,1H3,(H,18,19)(H,20,21)/t9-,10+/m0/s1. The molecule has 1 fully saturated rings. The monoisotopic (exact) mass is 351 g/mol. The zero-order valence-electron chi connectivity index (χ0n) is 13.6. The third-order valence-corrected chi connectivity index (χ3v) is 6.17. The van der Waals surface area contributed by atoms with E-state index in [-0.39, 0.29) is 5.91 Å². The molecule has 0 saturated heterocycles. The van der Waals surface area contributed by atoms with Crippen molar-refractivity contribution in [2.45, 2.75) is 44.9 Å². The molecule has 24 heavy (non-hydrogen) atoms. The minimum Gasteiger partial charge on any atom is -0.481 e. The van der Waals surface area contributed by atoms with Crippen molar-refractivity contribution >= 4 is 34.2 Å². The van der Waals surface area contributed by atoms with E-state index >= 15 is 0 Å². The smallest absolute Gasteiger partial charge is 0.341 e. The van der Waals surface area contributed by atoms with Gasteiger partial charge < -0.3 is 15.2 Å². The first kappa shape index (κ1) is 17.0. The lowest BCUT2D eigenvalue weighted by molar-refractivity contribution is -0.147. The van der Waals surface area contributed by atoms with Crippen molar-refractivity contribution in [3.63, 3.8) is 0 Å². The van der Waals surface area contributed by atoms with Crippen LogP contribution < -0.4 is 5.32 Å². The molecule has 0 aliphatic heterocycles. The second-order valence-corrected chi connectivity index (χ2v) is 7.48. The van der Waals surface area contributed by atoms with Gasteiger partial charge in [-0.3, -0.25) is 9.59 Å². The third kappa shape index (κ3) is 3.05. The van der Waals surface area contributed by atoms with E-state index in [1.54, 1.807) is 0 Å². The molecule has 0 spiro atoms. The Hall–Kier alpha value is -1.89. The van der Waals surface area contributed by atoms with Gasteiger partial charge in [-0.25, -0.2) is 4.79 Å². The van der Waals surface area contributed by atoms with Crippen LogP contribution >= 0.6 is 11.3 Å². The first-order valence-electron chi connectivity index (χ1n) is 8.29. The Labute approximate surface area is 144 Å². The summed E-state index contributed by atoms with van der Waals surface area (Å²) in [6, 6.07) is 0. The molecular formula is C17H21NO5S. The van der Waals surface area contributed by atoms with Gasteiger partial charge in [0.2, 0.25) is 5.91 Å². The molecule has 2 aliphatic carbocycles. The number of aliphatic carboxylic acids is 1. The maximum Gasteiger partial charge on any atom is 0.341 e. The number of carboxylic acids is 1. The second kappa shape index (κ2) is 6.93. The van der Waals surface area contributed by atoms with Crippen LogP contribution in [-0.4, -0.2) is 30.1 Å². The van der Waals surface area contributed by atoms with Crippen LogP contribution in [0.4, 0.5) is 5.00 Å². The molecule has 1 aromatic rings. The summed E-state index contributed by atoms with van der Waals surface area (Å²) in [4.78, 5) is 37.3. The molecule has 0 radical (unpaired) electrons. The van der Waals surface area contributed by atoms with Gasteiger partial charge in [0.15, 0.2) is 0 Å². The van der Waals surface area contributed by atoms with E-state index < -0.39 is 23.8 Å². The van der Waals surface area contributed by atoms with Crippen LogP contribution in [-0.2, 0) is 27.2 Å². The molecular weight excluding hydrogens is 330 g/mol. The van der Waals surface area contributed by atoms with Gasteiger partial charge in [0.05, 0.1) is 24.5 Å². The number of carbonyl (C=O) groups is 3. The van der Waals surface area contributed by atoms with Crippen LogP contribution in [0.15, 0.2) is 0 Å². The summed E-state index contributed by atoms with van der Waals surface area (Å²) in [5, 5.41) is 12.7. The third-order valence-electron chi connectivity index (χ3n) is 4.97. The summed E-state index contributed by atoms with van der Waals surface area (Å²) in [6.45, 7) is 0. The Kier molecular flexibility index (Phi) is 4.89. The molecule has 2 atom stereocenters. The van der Waals surface area contributed by atoms with E-state index in [2.05, 4.69) is 5.32 Å². The highest BCUT2D eigenvalue weighted by Gasteiger charge is 2.37. The van der Waals surface area contributed by atoms with Crippen LogP contribution in [0, 0.1) is 11.8 Å². The number of nitrogens with one attached hydrogen (secondary N) is 1. The summed E-state index contributed by atoms with van der Waals surface area (Å²) >= 11 is 1.41. The Morgan fingerprint density at radius 2 is 1.83 bits per heavy atom. The predicted molar refractivity (Wildman–Crippen MR) is 89.4 cm³/mol. The average molecular weight is 351 g/mol. The van der Waals surface area contributed by atoms with Gasteiger partial charge in [0, 0.05) is 4.88 Å². The van der Waals surface area contributed by atoms with Gasteiger partial charge >= 0.3 is 11.9 Å². The van der Waals surface area contributed by atoms with E-state index in [9.17, 15) is 19.5 Å². The summed E-state index contributed by atoms with van der Waals surface area (Å²) < 4.78 is 4.87. The number of rotatable bonds is 4. The molecule has 0 aromatic carbocycles. The van der Waals surface area contributed by atoms with E-state index in [0.717, 1.165) is 42.5 Å². The normalized spacial score (nSPS) is 22.7. The minimum atomic E-state index is -0.920. The van der Waals surface area contributed by atoms with Gasteiger partial charge in [0.25, 0.3) is 0 Å². The topological polar surface area (TPSA) is 92.7 Å². The zero-order valence-corrected chi connectivity index (χ0v) is 14.4. The second-order valence-electron chi connectivity index (χ2n) is 6.38. The van der Waals surface area contributed by atoms with E-state index in [4.69, 9.17) is 4.74 Å². The molecule has 2 aliphatic rings. The summed E-state index contributed by atoms with van der Waals surface area (Å²) in [7, 11) is 1.33. The van der Waals surface area contributed by atoms with Crippen molar-refractivity contribution in [1.29, 1.82) is 0 Å². The number of thiophene rings is 1. The number of amides is 1. The van der Waals surface area contributed by atoms with E-state index in [1.807, 2.05) is 0 Å². The molecule has 1 amide bonds. The highest BCUT2D eigenvalue weighted by Crippen LogP contribution is 2.40. The summed E-state index contributed by atoms with van der Waals surface area (Å²) in [5.41, 5.74) is 1.42. The van der Waals surface area contributed by atoms with Gasteiger partial charge in [-0.2, -0.15) is 0 Å². The number of methoxy groups -OCH3 is 1. The SMILES string of the molecule is COC(=O)c1c(NC(=O)[C@H]2CCCC[C@H]2C(=O)O)sc2c1CCC2. The number of hydrogen-bond acceptors (Lipinski definition) is 5. The molecule has 130 valence electrons. The maximum absolute atomic E-state index is 12.7. The van der Waals surface area contributed by atoms with Crippen LogP contribution in [0.1, 0.15) is 52.9 Å². The van der Waals surface area contributed by atoms with Crippen molar-refractivity contribution in [3.05, 3.63) is 16.0 Å². The van der Waals surface area contributed by atoms with E-state index in [0.29, 0.717) is 23.4 Å². The molecule has 1 aromatic heterocycles. The average Bonchev–Trinajstić information content (AvgIpc) is 3.14. The number of aryl methyl sites for hydroxylation is 1. The van der Waals surface area contributed by atoms with Crippen LogP contribution in [0.25, 0.3) is 0 Å². The molecule has 1 saturated carbocycles. The molecule has 6 nitrogen and oxygen atoms in total. The molecule has 7 heteroatoms. The molecule has 0 unspecified atom stereocenters. The molecule has 2 N–H and O–H groups in total.